The normalized spacial score (nSPS) is 26.2. The molecule has 0 bridgehead atoms. The number of carbonyl (C=O) groups excluding carboxylic acids is 1. The van der Waals surface area contributed by atoms with Crippen molar-refractivity contribution in [2.75, 3.05) is 18.1 Å². The van der Waals surface area contributed by atoms with Crippen LogP contribution in [0.1, 0.15) is 33.1 Å². The van der Waals surface area contributed by atoms with Gasteiger partial charge >= 0.3 is 12.0 Å². The van der Waals surface area contributed by atoms with Gasteiger partial charge in [0.15, 0.2) is 0 Å². The van der Waals surface area contributed by atoms with Crippen LogP contribution in [-0.2, 0) is 15.6 Å². The highest BCUT2D eigenvalue weighted by Crippen LogP contribution is 2.19. The Kier molecular flexibility index (Phi) is 5.78. The molecule has 0 aromatic rings. The molecule has 1 fully saturated rings. The molecule has 1 rings (SSSR count). The van der Waals surface area contributed by atoms with E-state index in [1.807, 2.05) is 0 Å². The lowest BCUT2D eigenvalue weighted by Crippen LogP contribution is -2.48. The van der Waals surface area contributed by atoms with Crippen molar-refractivity contribution in [3.05, 3.63) is 0 Å². The minimum Gasteiger partial charge on any atom is -0.481 e. The van der Waals surface area contributed by atoms with Crippen molar-refractivity contribution in [3.63, 3.8) is 0 Å². The van der Waals surface area contributed by atoms with Gasteiger partial charge in [-0.2, -0.15) is 0 Å². The molecule has 1 aliphatic rings. The molecule has 0 saturated carbocycles. The van der Waals surface area contributed by atoms with Crippen molar-refractivity contribution >= 4 is 22.8 Å². The van der Waals surface area contributed by atoms with Crippen molar-refractivity contribution in [3.8, 4) is 0 Å². The highest BCUT2D eigenvalue weighted by Gasteiger charge is 2.31. The Morgan fingerprint density at radius 2 is 1.95 bits per heavy atom. The smallest absolute Gasteiger partial charge is 0.315 e. The Labute approximate surface area is 115 Å². The topological polar surface area (TPSA) is 95.5 Å². The summed E-state index contributed by atoms with van der Waals surface area (Å²) in [6.07, 6.45) is 1.87. The summed E-state index contributed by atoms with van der Waals surface area (Å²) >= 11 is 0. The minimum atomic E-state index is -0.939. The largest absolute Gasteiger partial charge is 0.481 e. The molecule has 19 heavy (non-hydrogen) atoms. The Hall–Kier alpha value is -1.11. The first-order chi connectivity index (χ1) is 8.87. The van der Waals surface area contributed by atoms with E-state index in [4.69, 9.17) is 5.11 Å². The number of rotatable bonds is 5. The molecule has 3 N–H and O–H groups in total. The lowest BCUT2D eigenvalue weighted by Gasteiger charge is -2.26. The maximum Gasteiger partial charge on any atom is 0.315 e. The summed E-state index contributed by atoms with van der Waals surface area (Å²) in [4.78, 5) is 22.8. The molecular formula is C12H22N2O4S. The van der Waals surface area contributed by atoms with Crippen LogP contribution in [-0.4, -0.2) is 45.4 Å². The summed E-state index contributed by atoms with van der Waals surface area (Å²) in [5, 5.41) is 14.5. The van der Waals surface area contributed by atoms with Gasteiger partial charge in [0, 0.05) is 34.9 Å². The van der Waals surface area contributed by atoms with Crippen LogP contribution in [0.25, 0.3) is 0 Å². The summed E-state index contributed by atoms with van der Waals surface area (Å²) in [6, 6.07) is -0.311. The molecule has 2 amide bonds. The summed E-state index contributed by atoms with van der Waals surface area (Å²) in [6.45, 7) is 3.49. The Morgan fingerprint density at radius 1 is 1.37 bits per heavy atom. The molecule has 1 unspecified atom stereocenters. The van der Waals surface area contributed by atoms with E-state index < -0.39 is 22.2 Å². The zero-order valence-electron chi connectivity index (χ0n) is 11.4. The zero-order chi connectivity index (χ0) is 14.5. The first kappa shape index (κ1) is 15.9. The van der Waals surface area contributed by atoms with Crippen LogP contribution in [0.2, 0.25) is 0 Å². The van der Waals surface area contributed by atoms with Gasteiger partial charge in [-0.25, -0.2) is 4.79 Å². The number of urea groups is 1. The average Bonchev–Trinajstić information content (AvgIpc) is 2.38. The first-order valence-corrected chi connectivity index (χ1v) is 7.99. The highest BCUT2D eigenvalue weighted by atomic mass is 32.2. The third-order valence-corrected chi connectivity index (χ3v) is 5.04. The first-order valence-electron chi connectivity index (χ1n) is 6.50. The van der Waals surface area contributed by atoms with Gasteiger partial charge in [0.25, 0.3) is 0 Å². The van der Waals surface area contributed by atoms with E-state index in [-0.39, 0.29) is 18.6 Å². The number of aliphatic carboxylic acids is 1. The predicted molar refractivity (Wildman–Crippen MR) is 73.5 cm³/mol. The minimum absolute atomic E-state index is 0.0374. The second-order valence-electron chi connectivity index (χ2n) is 5.17. The number of carboxylic acid groups (broad SMARTS) is 1. The van der Waals surface area contributed by atoms with Gasteiger partial charge in [-0.05, 0) is 26.2 Å². The monoisotopic (exact) mass is 290 g/mol. The fraction of sp³-hybridized carbons (Fsp3) is 0.833. The van der Waals surface area contributed by atoms with Crippen molar-refractivity contribution < 1.29 is 18.9 Å². The molecule has 110 valence electrons. The van der Waals surface area contributed by atoms with Gasteiger partial charge in [-0.1, -0.05) is 6.92 Å². The van der Waals surface area contributed by atoms with Crippen LogP contribution in [0, 0.1) is 5.41 Å². The summed E-state index contributed by atoms with van der Waals surface area (Å²) in [5.41, 5.74) is -0.939. The van der Waals surface area contributed by atoms with Gasteiger partial charge in [-0.3, -0.25) is 9.00 Å². The molecule has 0 spiro atoms. The molecule has 1 heterocycles. The number of nitrogens with one attached hydrogen (secondary N) is 2. The molecule has 1 atom stereocenters. The van der Waals surface area contributed by atoms with Crippen molar-refractivity contribution in [2.45, 2.75) is 39.2 Å². The number of carbonyl (C=O) groups is 2. The molecule has 1 saturated heterocycles. The molecule has 0 aromatic carbocycles. The maximum absolute atomic E-state index is 11.7. The van der Waals surface area contributed by atoms with E-state index in [2.05, 4.69) is 10.6 Å². The van der Waals surface area contributed by atoms with E-state index >= 15 is 0 Å². The summed E-state index contributed by atoms with van der Waals surface area (Å²) < 4.78 is 11.2. The molecule has 7 heteroatoms. The van der Waals surface area contributed by atoms with Crippen molar-refractivity contribution in [1.29, 1.82) is 0 Å². The number of hydrogen-bond acceptors (Lipinski definition) is 3. The molecule has 0 aromatic heterocycles. The Morgan fingerprint density at radius 3 is 2.42 bits per heavy atom. The van der Waals surface area contributed by atoms with E-state index in [1.165, 1.54) is 0 Å². The third kappa shape index (κ3) is 4.81. The standard InChI is InChI=1S/C12H22N2O4S/c1-3-12(2,10(15)16)8-13-11(17)14-9-4-6-19(18)7-5-9/h9H,3-8H2,1-2H3,(H,15,16)(H2,13,14,17). The number of amides is 2. The lowest BCUT2D eigenvalue weighted by molar-refractivity contribution is -0.147. The predicted octanol–water partition coefficient (Wildman–Crippen LogP) is 0.698. The van der Waals surface area contributed by atoms with Crippen LogP contribution in [0.5, 0.6) is 0 Å². The van der Waals surface area contributed by atoms with Crippen LogP contribution in [0.15, 0.2) is 0 Å². The average molecular weight is 290 g/mol. The summed E-state index contributed by atoms with van der Waals surface area (Å²) in [5.74, 6) is 0.322. The van der Waals surface area contributed by atoms with Gasteiger partial charge in [-0.15, -0.1) is 0 Å². The van der Waals surface area contributed by atoms with E-state index in [0.29, 0.717) is 30.8 Å². The maximum atomic E-state index is 11.7. The SMILES string of the molecule is CCC(C)(CNC(=O)NC1CCS(=O)CC1)C(=O)O. The van der Waals surface area contributed by atoms with Gasteiger partial charge < -0.3 is 15.7 Å². The van der Waals surface area contributed by atoms with Crippen LogP contribution < -0.4 is 10.6 Å². The Balaban J connectivity index is 2.35. The molecule has 6 nitrogen and oxygen atoms in total. The van der Waals surface area contributed by atoms with Gasteiger partial charge in [0.1, 0.15) is 0 Å². The molecule has 0 aliphatic carbocycles. The molecule has 1 aliphatic heterocycles. The van der Waals surface area contributed by atoms with Crippen LogP contribution in [0.3, 0.4) is 0 Å². The van der Waals surface area contributed by atoms with Gasteiger partial charge in [0.05, 0.1) is 5.41 Å². The second-order valence-corrected chi connectivity index (χ2v) is 6.86. The van der Waals surface area contributed by atoms with Crippen molar-refractivity contribution in [2.24, 2.45) is 5.41 Å². The van der Waals surface area contributed by atoms with E-state index in [9.17, 15) is 13.8 Å². The second kappa shape index (κ2) is 6.88. The number of carboxylic acids is 1. The summed E-state index contributed by atoms with van der Waals surface area (Å²) in [7, 11) is -0.751. The highest BCUT2D eigenvalue weighted by molar-refractivity contribution is 7.85. The molecule has 0 radical (unpaired) electrons. The fourth-order valence-electron chi connectivity index (χ4n) is 1.80. The third-order valence-electron chi connectivity index (χ3n) is 3.66. The van der Waals surface area contributed by atoms with E-state index in [0.717, 1.165) is 0 Å². The quantitative estimate of drug-likeness (QED) is 0.694. The number of hydrogen-bond donors (Lipinski definition) is 3. The lowest BCUT2D eigenvalue weighted by atomic mass is 9.88. The molecular weight excluding hydrogens is 268 g/mol. The van der Waals surface area contributed by atoms with Gasteiger partial charge in [0.2, 0.25) is 0 Å². The Bertz CT molecular complexity index is 365. The van der Waals surface area contributed by atoms with Crippen LogP contribution in [0.4, 0.5) is 4.79 Å². The van der Waals surface area contributed by atoms with Crippen molar-refractivity contribution in [1.82, 2.24) is 10.6 Å². The fourth-order valence-corrected chi connectivity index (χ4v) is 3.10. The van der Waals surface area contributed by atoms with E-state index in [1.54, 1.807) is 13.8 Å². The zero-order valence-corrected chi connectivity index (χ0v) is 12.2. The van der Waals surface area contributed by atoms with Crippen LogP contribution >= 0.6 is 0 Å².